The lowest BCUT2D eigenvalue weighted by Gasteiger charge is -2.23. The van der Waals surface area contributed by atoms with Crippen molar-refractivity contribution in [1.29, 1.82) is 0 Å². The minimum Gasteiger partial charge on any atom is -0.323 e. The number of benzene rings is 2. The normalized spacial score (nSPS) is 23.2. The van der Waals surface area contributed by atoms with Crippen LogP contribution in [-0.2, 0) is 6.42 Å². The minimum atomic E-state index is 0.131. The van der Waals surface area contributed by atoms with E-state index in [1.807, 2.05) is 0 Å². The first-order chi connectivity index (χ1) is 8.86. The molecule has 0 fully saturated rings. The van der Waals surface area contributed by atoms with E-state index in [9.17, 15) is 0 Å². The predicted octanol–water partition coefficient (Wildman–Crippen LogP) is 3.81. The molecule has 2 N–H and O–H groups in total. The third kappa shape index (κ3) is 2.06. The molecule has 0 saturated heterocycles. The van der Waals surface area contributed by atoms with Crippen molar-refractivity contribution in [2.45, 2.75) is 31.2 Å². The van der Waals surface area contributed by atoms with Gasteiger partial charge in [-0.3, -0.25) is 0 Å². The average Bonchev–Trinajstić information content (AvgIpc) is 2.60. The molecule has 0 radical (unpaired) electrons. The summed E-state index contributed by atoms with van der Waals surface area (Å²) in [5.41, 5.74) is 10.7. The van der Waals surface area contributed by atoms with Gasteiger partial charge in [-0.2, -0.15) is 0 Å². The molecule has 0 spiro atoms. The number of nitrogens with two attached hydrogens (primary N) is 1. The van der Waals surface area contributed by atoms with E-state index in [4.69, 9.17) is 5.73 Å². The fraction of sp³-hybridized carbons (Fsp3) is 0.294. The van der Waals surface area contributed by atoms with Crippen molar-refractivity contribution in [2.24, 2.45) is 5.73 Å². The van der Waals surface area contributed by atoms with Crippen molar-refractivity contribution in [3.63, 3.8) is 0 Å². The molecule has 1 aliphatic carbocycles. The Balaban J connectivity index is 1.99. The van der Waals surface area contributed by atoms with Crippen LogP contribution in [0.5, 0.6) is 0 Å². The monoisotopic (exact) mass is 237 g/mol. The standard InChI is InChI=1S/C17H19N/c18-17-15-11-5-4-9-14(15)10-6-12-16(17)13-7-2-1-3-8-13/h1-5,7-9,11,16-17H,6,10,12,18H2/t16-,17+/m0/s1. The summed E-state index contributed by atoms with van der Waals surface area (Å²) in [6.45, 7) is 0. The molecule has 0 unspecified atom stereocenters. The first-order valence-corrected chi connectivity index (χ1v) is 6.74. The van der Waals surface area contributed by atoms with Crippen LogP contribution in [0.25, 0.3) is 0 Å². The van der Waals surface area contributed by atoms with Gasteiger partial charge in [0.05, 0.1) is 0 Å². The van der Waals surface area contributed by atoms with Gasteiger partial charge in [-0.05, 0) is 36.0 Å². The van der Waals surface area contributed by atoms with Gasteiger partial charge in [0, 0.05) is 12.0 Å². The molecule has 3 rings (SSSR count). The molecule has 0 amide bonds. The van der Waals surface area contributed by atoms with E-state index in [0.29, 0.717) is 5.92 Å². The molecule has 2 aromatic rings. The summed E-state index contributed by atoms with van der Waals surface area (Å²) in [5.74, 6) is 0.454. The highest BCUT2D eigenvalue weighted by atomic mass is 14.7. The van der Waals surface area contributed by atoms with Crippen LogP contribution in [-0.4, -0.2) is 0 Å². The number of hydrogen-bond acceptors (Lipinski definition) is 1. The maximum absolute atomic E-state index is 6.52. The lowest BCUT2D eigenvalue weighted by Crippen LogP contribution is -2.19. The smallest absolute Gasteiger partial charge is 0.0367 e. The molecule has 0 bridgehead atoms. The van der Waals surface area contributed by atoms with Gasteiger partial charge in [0.15, 0.2) is 0 Å². The number of rotatable bonds is 1. The van der Waals surface area contributed by atoms with Crippen LogP contribution in [0.2, 0.25) is 0 Å². The maximum Gasteiger partial charge on any atom is 0.0367 e. The van der Waals surface area contributed by atoms with Crippen LogP contribution >= 0.6 is 0 Å². The van der Waals surface area contributed by atoms with Gasteiger partial charge in [-0.15, -0.1) is 0 Å². The van der Waals surface area contributed by atoms with Crippen LogP contribution in [0.1, 0.15) is 41.5 Å². The zero-order chi connectivity index (χ0) is 12.4. The number of fused-ring (bicyclic) bond motifs is 1. The van der Waals surface area contributed by atoms with Gasteiger partial charge in [0.25, 0.3) is 0 Å². The van der Waals surface area contributed by atoms with Crippen LogP contribution in [0.15, 0.2) is 54.6 Å². The van der Waals surface area contributed by atoms with Gasteiger partial charge in [0.1, 0.15) is 0 Å². The van der Waals surface area contributed by atoms with Gasteiger partial charge in [-0.1, -0.05) is 54.6 Å². The van der Waals surface area contributed by atoms with E-state index in [1.165, 1.54) is 29.5 Å². The number of aryl methyl sites for hydroxylation is 1. The van der Waals surface area contributed by atoms with Gasteiger partial charge in [0.2, 0.25) is 0 Å². The molecule has 92 valence electrons. The fourth-order valence-corrected chi connectivity index (χ4v) is 3.07. The Morgan fingerprint density at radius 1 is 0.889 bits per heavy atom. The summed E-state index contributed by atoms with van der Waals surface area (Å²) < 4.78 is 0. The van der Waals surface area contributed by atoms with Crippen molar-refractivity contribution < 1.29 is 0 Å². The lowest BCUT2D eigenvalue weighted by molar-refractivity contribution is 0.521. The molecule has 2 atom stereocenters. The predicted molar refractivity (Wildman–Crippen MR) is 75.5 cm³/mol. The van der Waals surface area contributed by atoms with Crippen LogP contribution < -0.4 is 5.73 Å². The summed E-state index contributed by atoms with van der Waals surface area (Å²) in [5, 5.41) is 0. The highest BCUT2D eigenvalue weighted by Crippen LogP contribution is 2.37. The molecule has 0 saturated carbocycles. The Morgan fingerprint density at radius 3 is 2.44 bits per heavy atom. The Kier molecular flexibility index (Phi) is 3.16. The first-order valence-electron chi connectivity index (χ1n) is 6.74. The van der Waals surface area contributed by atoms with E-state index in [0.717, 1.165) is 6.42 Å². The third-order valence-corrected chi connectivity index (χ3v) is 4.04. The van der Waals surface area contributed by atoms with E-state index >= 15 is 0 Å². The molecule has 18 heavy (non-hydrogen) atoms. The second kappa shape index (κ2) is 4.95. The van der Waals surface area contributed by atoms with E-state index in [-0.39, 0.29) is 6.04 Å². The van der Waals surface area contributed by atoms with Crippen molar-refractivity contribution in [1.82, 2.24) is 0 Å². The molecule has 2 aromatic carbocycles. The van der Waals surface area contributed by atoms with Crippen molar-refractivity contribution in [3.8, 4) is 0 Å². The van der Waals surface area contributed by atoms with Crippen LogP contribution in [0, 0.1) is 0 Å². The number of hydrogen-bond donors (Lipinski definition) is 1. The summed E-state index contributed by atoms with van der Waals surface area (Å²) in [6, 6.07) is 19.5. The summed E-state index contributed by atoms with van der Waals surface area (Å²) >= 11 is 0. The van der Waals surface area contributed by atoms with Crippen LogP contribution in [0.4, 0.5) is 0 Å². The van der Waals surface area contributed by atoms with E-state index in [1.54, 1.807) is 0 Å². The second-order valence-electron chi connectivity index (χ2n) is 5.13. The topological polar surface area (TPSA) is 26.0 Å². The summed E-state index contributed by atoms with van der Waals surface area (Å²) in [6.07, 6.45) is 3.57. The highest BCUT2D eigenvalue weighted by molar-refractivity contribution is 5.35. The Bertz CT molecular complexity index is 518. The zero-order valence-corrected chi connectivity index (χ0v) is 10.5. The molecule has 1 nitrogen and oxygen atoms in total. The molecule has 0 aromatic heterocycles. The molecule has 1 heteroatoms. The van der Waals surface area contributed by atoms with Gasteiger partial charge in [-0.25, -0.2) is 0 Å². The largest absolute Gasteiger partial charge is 0.323 e. The molecular weight excluding hydrogens is 218 g/mol. The fourth-order valence-electron chi connectivity index (χ4n) is 3.07. The molecule has 0 aliphatic heterocycles. The van der Waals surface area contributed by atoms with E-state index < -0.39 is 0 Å². The van der Waals surface area contributed by atoms with Gasteiger partial charge >= 0.3 is 0 Å². The molecule has 0 heterocycles. The van der Waals surface area contributed by atoms with Crippen molar-refractivity contribution >= 4 is 0 Å². The lowest BCUT2D eigenvalue weighted by atomic mass is 9.86. The Labute approximate surface area is 109 Å². The Morgan fingerprint density at radius 2 is 1.61 bits per heavy atom. The van der Waals surface area contributed by atoms with Gasteiger partial charge < -0.3 is 5.73 Å². The minimum absolute atomic E-state index is 0.131. The zero-order valence-electron chi connectivity index (χ0n) is 10.5. The Hall–Kier alpha value is -1.60. The van der Waals surface area contributed by atoms with Crippen molar-refractivity contribution in [2.75, 3.05) is 0 Å². The highest BCUT2D eigenvalue weighted by Gasteiger charge is 2.25. The summed E-state index contributed by atoms with van der Waals surface area (Å²) in [7, 11) is 0. The van der Waals surface area contributed by atoms with Crippen LogP contribution in [0.3, 0.4) is 0 Å². The SMILES string of the molecule is N[C@@H]1c2ccccc2CCC[C@H]1c1ccccc1. The molecular formula is C17H19N. The quantitative estimate of drug-likeness (QED) is 0.750. The van der Waals surface area contributed by atoms with E-state index in [2.05, 4.69) is 54.6 Å². The summed E-state index contributed by atoms with van der Waals surface area (Å²) in [4.78, 5) is 0. The molecule has 1 aliphatic rings. The average molecular weight is 237 g/mol. The third-order valence-electron chi connectivity index (χ3n) is 4.04. The maximum atomic E-state index is 6.52. The second-order valence-corrected chi connectivity index (χ2v) is 5.13. The first kappa shape index (κ1) is 11.5. The van der Waals surface area contributed by atoms with Crippen molar-refractivity contribution in [3.05, 3.63) is 71.3 Å².